The van der Waals surface area contributed by atoms with Crippen LogP contribution in [0.4, 0.5) is 18.9 Å². The maximum atomic E-state index is 13.5. The smallest absolute Gasteiger partial charge is 0.417 e. The number of ether oxygens (including phenoxy) is 1. The molecule has 0 bridgehead atoms. The minimum absolute atomic E-state index is 0.121. The number of benzene rings is 2. The molecule has 10 nitrogen and oxygen atoms in total. The third-order valence-electron chi connectivity index (χ3n) is 6.36. The second-order valence-electron chi connectivity index (χ2n) is 9.12. The van der Waals surface area contributed by atoms with Crippen LogP contribution < -0.4 is 16.1 Å². The largest absolute Gasteiger partial charge is 0.493 e. The number of rotatable bonds is 11. The summed E-state index contributed by atoms with van der Waals surface area (Å²) in [4.78, 5) is 34.9. The van der Waals surface area contributed by atoms with E-state index in [9.17, 15) is 38.0 Å². The van der Waals surface area contributed by atoms with Crippen molar-refractivity contribution in [1.82, 2.24) is 9.13 Å². The summed E-state index contributed by atoms with van der Waals surface area (Å²) in [5.74, 6) is 0.0885. The van der Waals surface area contributed by atoms with Gasteiger partial charge in [-0.3, -0.25) is 19.2 Å². The van der Waals surface area contributed by atoms with Crippen molar-refractivity contribution in [3.05, 3.63) is 90.8 Å². The van der Waals surface area contributed by atoms with E-state index in [1.807, 2.05) is 6.92 Å². The van der Waals surface area contributed by atoms with E-state index in [2.05, 4.69) is 0 Å². The molecule has 0 aliphatic heterocycles. The molecule has 2 heterocycles. The molecule has 0 fully saturated rings. The van der Waals surface area contributed by atoms with E-state index in [0.717, 1.165) is 0 Å². The molecule has 0 aliphatic carbocycles. The third kappa shape index (κ3) is 6.03. The minimum atomic E-state index is -4.71. The molecule has 0 atom stereocenters. The molecule has 40 heavy (non-hydrogen) atoms. The van der Waals surface area contributed by atoms with Gasteiger partial charge in [-0.2, -0.15) is 13.2 Å². The molecule has 1 N–H and O–H groups in total. The van der Waals surface area contributed by atoms with Crippen molar-refractivity contribution < 1.29 is 32.4 Å². The number of unbranched alkanes of at least 4 members (excludes halogenated alkanes) is 2. The predicted octanol–water partition coefficient (Wildman–Crippen LogP) is 5.58. The van der Waals surface area contributed by atoms with Gasteiger partial charge in [-0.1, -0.05) is 13.3 Å². The number of nitrogens with zero attached hydrogens (tertiary/aromatic N) is 3. The number of aryl methyl sites for hydroxylation is 1. The SMILES string of the molecule is CCCc1c(OCCCCCn2c(O)cn(-c3ccc([N+](=O)[O-])cc3)c2=O)ccc2c(C(F)(F)F)cc(=O)oc12. The molecule has 13 heteroatoms. The normalized spacial score (nSPS) is 11.7. The molecule has 0 amide bonds. The highest BCUT2D eigenvalue weighted by Gasteiger charge is 2.34. The van der Waals surface area contributed by atoms with Crippen molar-refractivity contribution in [2.45, 2.75) is 51.7 Å². The van der Waals surface area contributed by atoms with E-state index in [1.54, 1.807) is 0 Å². The maximum Gasteiger partial charge on any atom is 0.417 e. The number of nitro groups is 1. The molecule has 4 rings (SSSR count). The first-order chi connectivity index (χ1) is 19.0. The molecular weight excluding hydrogens is 535 g/mol. The molecule has 4 aromatic rings. The molecule has 2 aromatic carbocycles. The first kappa shape index (κ1) is 28.5. The van der Waals surface area contributed by atoms with Gasteiger partial charge >= 0.3 is 17.5 Å². The van der Waals surface area contributed by atoms with Gasteiger partial charge < -0.3 is 14.3 Å². The molecule has 212 valence electrons. The van der Waals surface area contributed by atoms with Crippen molar-refractivity contribution in [2.75, 3.05) is 6.61 Å². The Morgan fingerprint density at radius 3 is 2.45 bits per heavy atom. The van der Waals surface area contributed by atoms with E-state index >= 15 is 0 Å². The minimum Gasteiger partial charge on any atom is -0.493 e. The Morgan fingerprint density at radius 1 is 1.07 bits per heavy atom. The van der Waals surface area contributed by atoms with E-state index in [1.165, 1.54) is 51.7 Å². The van der Waals surface area contributed by atoms with Gasteiger partial charge in [-0.05, 0) is 49.9 Å². The average Bonchev–Trinajstić information content (AvgIpc) is 3.19. The van der Waals surface area contributed by atoms with Crippen LogP contribution >= 0.6 is 0 Å². The lowest BCUT2D eigenvalue weighted by Gasteiger charge is -2.15. The number of hydrogen-bond donors (Lipinski definition) is 1. The Morgan fingerprint density at radius 2 is 1.80 bits per heavy atom. The van der Waals surface area contributed by atoms with Gasteiger partial charge in [0.15, 0.2) is 0 Å². The Bertz CT molecular complexity index is 1640. The number of nitro benzene ring substituents is 1. The van der Waals surface area contributed by atoms with Gasteiger partial charge in [-0.15, -0.1) is 0 Å². The zero-order chi connectivity index (χ0) is 29.0. The van der Waals surface area contributed by atoms with Crippen molar-refractivity contribution in [3.8, 4) is 17.3 Å². The number of fused-ring (bicyclic) bond motifs is 1. The number of aromatic hydroxyl groups is 1. The van der Waals surface area contributed by atoms with Gasteiger partial charge in [0.1, 0.15) is 11.3 Å². The zero-order valence-corrected chi connectivity index (χ0v) is 21.4. The highest BCUT2D eigenvalue weighted by atomic mass is 19.4. The Hall–Kier alpha value is -4.55. The molecule has 2 aromatic heterocycles. The van der Waals surface area contributed by atoms with Crippen LogP contribution in [0.25, 0.3) is 16.7 Å². The third-order valence-corrected chi connectivity index (χ3v) is 6.36. The number of alkyl halides is 3. The van der Waals surface area contributed by atoms with Crippen molar-refractivity contribution >= 4 is 16.7 Å². The van der Waals surface area contributed by atoms with Crippen molar-refractivity contribution in [3.63, 3.8) is 0 Å². The fourth-order valence-electron chi connectivity index (χ4n) is 4.45. The lowest BCUT2D eigenvalue weighted by Crippen LogP contribution is -2.23. The van der Waals surface area contributed by atoms with Gasteiger partial charge in [0, 0.05) is 35.7 Å². The zero-order valence-electron chi connectivity index (χ0n) is 21.4. The summed E-state index contributed by atoms with van der Waals surface area (Å²) in [5, 5.41) is 20.9. The summed E-state index contributed by atoms with van der Waals surface area (Å²) in [7, 11) is 0. The van der Waals surface area contributed by atoms with E-state index in [0.29, 0.717) is 55.2 Å². The molecular formula is C27H26F3N3O7. The highest BCUT2D eigenvalue weighted by molar-refractivity contribution is 5.85. The van der Waals surface area contributed by atoms with E-state index in [4.69, 9.17) is 9.15 Å². The Balaban J connectivity index is 1.39. The van der Waals surface area contributed by atoms with Crippen LogP contribution in [0.3, 0.4) is 0 Å². The highest BCUT2D eigenvalue weighted by Crippen LogP contribution is 2.37. The van der Waals surface area contributed by atoms with Crippen LogP contribution in [-0.2, 0) is 19.1 Å². The first-order valence-corrected chi connectivity index (χ1v) is 12.6. The molecule has 0 unspecified atom stereocenters. The topological polar surface area (TPSA) is 130 Å². The summed E-state index contributed by atoms with van der Waals surface area (Å²) < 4.78 is 53.8. The van der Waals surface area contributed by atoms with Crippen LogP contribution in [-0.4, -0.2) is 25.8 Å². The lowest BCUT2D eigenvalue weighted by molar-refractivity contribution is -0.384. The maximum absolute atomic E-state index is 13.5. The molecule has 0 radical (unpaired) electrons. The van der Waals surface area contributed by atoms with Crippen LogP contribution in [0.15, 0.2) is 62.7 Å². The van der Waals surface area contributed by atoms with Crippen LogP contribution in [0.1, 0.15) is 43.7 Å². The van der Waals surface area contributed by atoms with E-state index < -0.39 is 28.0 Å². The summed E-state index contributed by atoms with van der Waals surface area (Å²) in [6.07, 6.45) is -0.848. The number of imidazole rings is 1. The monoisotopic (exact) mass is 561 g/mol. The Labute approximate surface area is 225 Å². The van der Waals surface area contributed by atoms with Crippen LogP contribution in [0, 0.1) is 10.1 Å². The summed E-state index contributed by atoms with van der Waals surface area (Å²) in [5.41, 5.74) is -2.13. The van der Waals surface area contributed by atoms with E-state index in [-0.39, 0.29) is 35.7 Å². The number of aromatic nitrogens is 2. The summed E-state index contributed by atoms with van der Waals surface area (Å²) in [6, 6.07) is 8.48. The predicted molar refractivity (Wildman–Crippen MR) is 139 cm³/mol. The van der Waals surface area contributed by atoms with Crippen molar-refractivity contribution in [2.24, 2.45) is 0 Å². The lowest BCUT2D eigenvalue weighted by atomic mass is 10.0. The number of halogens is 3. The van der Waals surface area contributed by atoms with Crippen LogP contribution in [0.5, 0.6) is 11.6 Å². The Kier molecular flexibility index (Phi) is 8.31. The second-order valence-corrected chi connectivity index (χ2v) is 9.12. The molecule has 0 saturated carbocycles. The first-order valence-electron chi connectivity index (χ1n) is 12.6. The van der Waals surface area contributed by atoms with Crippen LogP contribution in [0.2, 0.25) is 0 Å². The molecule has 0 aliphatic rings. The fraction of sp³-hybridized carbons (Fsp3) is 0.333. The summed E-state index contributed by atoms with van der Waals surface area (Å²) in [6.45, 7) is 2.30. The second kappa shape index (κ2) is 11.7. The average molecular weight is 562 g/mol. The summed E-state index contributed by atoms with van der Waals surface area (Å²) >= 11 is 0. The van der Waals surface area contributed by atoms with Gasteiger partial charge in [0.2, 0.25) is 5.88 Å². The van der Waals surface area contributed by atoms with Gasteiger partial charge in [0.05, 0.1) is 29.0 Å². The van der Waals surface area contributed by atoms with Crippen molar-refractivity contribution in [1.29, 1.82) is 0 Å². The standard InChI is InChI=1S/C27H26F3N3O7/c1-2-6-20-22(12-11-19-21(27(28,29)30)15-24(35)40-25(19)20)39-14-5-3-4-13-31-23(34)16-32(26(31)36)17-7-9-18(10-8-17)33(37)38/h7-12,15-16,34H,2-6,13-14H2,1H3. The number of hydrogen-bond acceptors (Lipinski definition) is 7. The quantitative estimate of drug-likeness (QED) is 0.110. The number of non-ortho nitro benzene ring substituents is 1. The van der Waals surface area contributed by atoms with Gasteiger partial charge in [0.25, 0.3) is 5.69 Å². The molecule has 0 saturated heterocycles. The van der Waals surface area contributed by atoms with Gasteiger partial charge in [-0.25, -0.2) is 9.59 Å². The molecule has 0 spiro atoms. The fourth-order valence-corrected chi connectivity index (χ4v) is 4.45.